The molecule has 18 heavy (non-hydrogen) atoms. The van der Waals surface area contributed by atoms with E-state index in [-0.39, 0.29) is 18.0 Å². The number of carbonyl (C=O) groups is 1. The van der Waals surface area contributed by atoms with Crippen LogP contribution in [0.1, 0.15) is 53.9 Å². The maximum atomic E-state index is 12.2. The van der Waals surface area contributed by atoms with E-state index >= 15 is 0 Å². The van der Waals surface area contributed by atoms with E-state index < -0.39 is 0 Å². The van der Waals surface area contributed by atoms with Crippen molar-refractivity contribution in [3.05, 3.63) is 0 Å². The summed E-state index contributed by atoms with van der Waals surface area (Å²) < 4.78 is 0. The molecular formula is C14H31N3O. The van der Waals surface area contributed by atoms with Crippen LogP contribution in [0.5, 0.6) is 0 Å². The van der Waals surface area contributed by atoms with Gasteiger partial charge >= 0.3 is 0 Å². The lowest BCUT2D eigenvalue weighted by Crippen LogP contribution is -2.50. The van der Waals surface area contributed by atoms with Crippen LogP contribution in [0.4, 0.5) is 0 Å². The minimum Gasteiger partial charge on any atom is -0.352 e. The largest absolute Gasteiger partial charge is 0.352 e. The van der Waals surface area contributed by atoms with Gasteiger partial charge in [-0.1, -0.05) is 13.3 Å². The van der Waals surface area contributed by atoms with Crippen LogP contribution < -0.4 is 11.1 Å². The molecule has 108 valence electrons. The molecular weight excluding hydrogens is 226 g/mol. The Balaban J connectivity index is 4.36. The lowest BCUT2D eigenvalue weighted by molar-refractivity contribution is -0.127. The van der Waals surface area contributed by atoms with E-state index in [2.05, 4.69) is 37.9 Å². The van der Waals surface area contributed by atoms with Crippen molar-refractivity contribution >= 4 is 5.91 Å². The zero-order chi connectivity index (χ0) is 14.1. The van der Waals surface area contributed by atoms with Crippen LogP contribution in [0, 0.1) is 0 Å². The van der Waals surface area contributed by atoms with E-state index in [0.717, 1.165) is 25.8 Å². The fraction of sp³-hybridized carbons (Fsp3) is 0.929. The lowest BCUT2D eigenvalue weighted by Gasteiger charge is -2.32. The van der Waals surface area contributed by atoms with Gasteiger partial charge in [0.25, 0.3) is 0 Å². The quantitative estimate of drug-likeness (QED) is 0.661. The molecule has 1 amide bonds. The third-order valence-electron chi connectivity index (χ3n) is 3.27. The molecule has 0 aliphatic heterocycles. The normalized spacial score (nSPS) is 14.9. The van der Waals surface area contributed by atoms with Gasteiger partial charge in [0.1, 0.15) is 0 Å². The van der Waals surface area contributed by atoms with Gasteiger partial charge in [-0.2, -0.15) is 0 Å². The van der Waals surface area contributed by atoms with Gasteiger partial charge < -0.3 is 11.1 Å². The third-order valence-corrected chi connectivity index (χ3v) is 3.27. The summed E-state index contributed by atoms with van der Waals surface area (Å²) >= 11 is 0. The zero-order valence-corrected chi connectivity index (χ0v) is 12.7. The molecule has 4 nitrogen and oxygen atoms in total. The average Bonchev–Trinajstić information content (AvgIpc) is 2.28. The molecule has 0 aliphatic carbocycles. The summed E-state index contributed by atoms with van der Waals surface area (Å²) in [4.78, 5) is 14.4. The first-order valence-electron chi connectivity index (χ1n) is 7.20. The van der Waals surface area contributed by atoms with Crippen molar-refractivity contribution in [2.24, 2.45) is 5.73 Å². The van der Waals surface area contributed by atoms with Crippen molar-refractivity contribution in [2.75, 3.05) is 13.1 Å². The van der Waals surface area contributed by atoms with E-state index in [1.807, 2.05) is 6.92 Å². The standard InChI is InChI=1S/C14H31N3O/c1-6-8-12(4)16-14(18)13(5)17(11(2)3)10-7-9-15/h11-13H,6-10,15H2,1-5H3,(H,16,18). The highest BCUT2D eigenvalue weighted by Gasteiger charge is 2.23. The number of nitrogens with one attached hydrogen (secondary N) is 1. The van der Waals surface area contributed by atoms with Gasteiger partial charge in [-0.05, 0) is 47.1 Å². The molecule has 0 rings (SSSR count). The lowest BCUT2D eigenvalue weighted by atomic mass is 10.1. The van der Waals surface area contributed by atoms with Crippen molar-refractivity contribution in [3.63, 3.8) is 0 Å². The van der Waals surface area contributed by atoms with E-state index in [0.29, 0.717) is 12.6 Å². The maximum absolute atomic E-state index is 12.2. The number of amides is 1. The molecule has 0 saturated carbocycles. The SMILES string of the molecule is CCCC(C)NC(=O)C(C)N(CCCN)C(C)C. The van der Waals surface area contributed by atoms with Gasteiger partial charge in [0, 0.05) is 18.6 Å². The van der Waals surface area contributed by atoms with E-state index in [9.17, 15) is 4.79 Å². The molecule has 0 aromatic heterocycles. The summed E-state index contributed by atoms with van der Waals surface area (Å²) in [6.45, 7) is 12.0. The Labute approximate surface area is 112 Å². The van der Waals surface area contributed by atoms with Crippen LogP contribution in [0.3, 0.4) is 0 Å². The molecule has 0 aliphatic rings. The fourth-order valence-corrected chi connectivity index (χ4v) is 2.19. The van der Waals surface area contributed by atoms with Gasteiger partial charge in [-0.25, -0.2) is 0 Å². The Morgan fingerprint density at radius 1 is 1.28 bits per heavy atom. The monoisotopic (exact) mass is 257 g/mol. The van der Waals surface area contributed by atoms with Crippen LogP contribution in [-0.2, 0) is 4.79 Å². The van der Waals surface area contributed by atoms with Gasteiger partial charge in [0.15, 0.2) is 0 Å². The van der Waals surface area contributed by atoms with Crippen LogP contribution in [0.25, 0.3) is 0 Å². The summed E-state index contributed by atoms with van der Waals surface area (Å²) in [7, 11) is 0. The van der Waals surface area contributed by atoms with E-state index in [1.165, 1.54) is 0 Å². The fourth-order valence-electron chi connectivity index (χ4n) is 2.19. The first-order valence-corrected chi connectivity index (χ1v) is 7.20. The molecule has 0 aromatic carbocycles. The predicted molar refractivity (Wildman–Crippen MR) is 77.5 cm³/mol. The highest BCUT2D eigenvalue weighted by molar-refractivity contribution is 5.81. The number of nitrogens with two attached hydrogens (primary N) is 1. The summed E-state index contributed by atoms with van der Waals surface area (Å²) in [5, 5.41) is 3.08. The van der Waals surface area contributed by atoms with Crippen molar-refractivity contribution in [3.8, 4) is 0 Å². The van der Waals surface area contributed by atoms with Crippen molar-refractivity contribution < 1.29 is 4.79 Å². The molecule has 0 bridgehead atoms. The summed E-state index contributed by atoms with van der Waals surface area (Å²) in [5.41, 5.74) is 5.55. The number of nitrogens with zero attached hydrogens (tertiary/aromatic N) is 1. The van der Waals surface area contributed by atoms with Crippen molar-refractivity contribution in [2.45, 2.75) is 72.0 Å². The highest BCUT2D eigenvalue weighted by atomic mass is 16.2. The van der Waals surface area contributed by atoms with Crippen LogP contribution in [0.15, 0.2) is 0 Å². The number of hydrogen-bond acceptors (Lipinski definition) is 3. The first kappa shape index (κ1) is 17.4. The van der Waals surface area contributed by atoms with Gasteiger partial charge in [0.05, 0.1) is 6.04 Å². The minimum atomic E-state index is -0.0872. The van der Waals surface area contributed by atoms with E-state index in [1.54, 1.807) is 0 Å². The molecule has 0 aromatic rings. The van der Waals surface area contributed by atoms with Crippen LogP contribution >= 0.6 is 0 Å². The van der Waals surface area contributed by atoms with Crippen molar-refractivity contribution in [1.82, 2.24) is 10.2 Å². The molecule has 0 radical (unpaired) electrons. The molecule has 0 saturated heterocycles. The summed E-state index contributed by atoms with van der Waals surface area (Å²) in [5.74, 6) is 0.127. The predicted octanol–water partition coefficient (Wildman–Crippen LogP) is 1.74. The Morgan fingerprint density at radius 3 is 2.33 bits per heavy atom. The average molecular weight is 257 g/mol. The highest BCUT2D eigenvalue weighted by Crippen LogP contribution is 2.07. The second-order valence-corrected chi connectivity index (χ2v) is 5.35. The number of rotatable bonds is 9. The Bertz CT molecular complexity index is 231. The molecule has 0 fully saturated rings. The molecule has 0 heterocycles. The molecule has 0 spiro atoms. The van der Waals surface area contributed by atoms with Gasteiger partial charge in [-0.3, -0.25) is 9.69 Å². The molecule has 2 atom stereocenters. The van der Waals surface area contributed by atoms with E-state index in [4.69, 9.17) is 5.73 Å². The topological polar surface area (TPSA) is 58.4 Å². The van der Waals surface area contributed by atoms with Gasteiger partial charge in [-0.15, -0.1) is 0 Å². The minimum absolute atomic E-state index is 0.0872. The number of carbonyl (C=O) groups excluding carboxylic acids is 1. The maximum Gasteiger partial charge on any atom is 0.237 e. The van der Waals surface area contributed by atoms with Gasteiger partial charge in [0.2, 0.25) is 5.91 Å². The second kappa shape index (κ2) is 9.34. The van der Waals surface area contributed by atoms with Crippen LogP contribution in [0.2, 0.25) is 0 Å². The Morgan fingerprint density at radius 2 is 1.89 bits per heavy atom. The molecule has 2 unspecified atom stereocenters. The first-order chi connectivity index (χ1) is 8.43. The Kier molecular flexibility index (Phi) is 9.02. The van der Waals surface area contributed by atoms with Crippen LogP contribution in [-0.4, -0.2) is 42.0 Å². The van der Waals surface area contributed by atoms with Crippen molar-refractivity contribution in [1.29, 1.82) is 0 Å². The second-order valence-electron chi connectivity index (χ2n) is 5.35. The third kappa shape index (κ3) is 6.36. The zero-order valence-electron chi connectivity index (χ0n) is 12.7. The number of hydrogen-bond donors (Lipinski definition) is 2. The Hall–Kier alpha value is -0.610. The summed E-state index contributed by atoms with van der Waals surface area (Å²) in [6, 6.07) is 0.531. The molecule has 3 N–H and O–H groups in total. The summed E-state index contributed by atoms with van der Waals surface area (Å²) in [6.07, 6.45) is 3.06. The molecule has 4 heteroatoms. The smallest absolute Gasteiger partial charge is 0.237 e.